The number of nitrogens with zero attached hydrogens (tertiary/aromatic N) is 2. The summed E-state index contributed by atoms with van der Waals surface area (Å²) in [5.41, 5.74) is 0.0527. The molecule has 2 aromatic heterocycles. The monoisotopic (exact) mass is 326 g/mol. The Labute approximate surface area is 130 Å². The number of hydrogen-bond acceptors (Lipinski definition) is 5. The van der Waals surface area contributed by atoms with Crippen molar-refractivity contribution in [1.82, 2.24) is 9.19 Å². The molecule has 6 nitrogen and oxygen atoms in total. The van der Waals surface area contributed by atoms with E-state index in [2.05, 4.69) is 5.10 Å². The van der Waals surface area contributed by atoms with Crippen LogP contribution in [0.1, 0.15) is 0 Å². The highest BCUT2D eigenvalue weighted by Gasteiger charge is 2.20. The van der Waals surface area contributed by atoms with Gasteiger partial charge in [0.1, 0.15) is 16.5 Å². The van der Waals surface area contributed by atoms with Crippen LogP contribution in [0.4, 0.5) is 0 Å². The van der Waals surface area contributed by atoms with Crippen molar-refractivity contribution in [1.29, 1.82) is 0 Å². The number of rotatable bonds is 2. The summed E-state index contributed by atoms with van der Waals surface area (Å²) in [4.78, 5) is 12.2. The maximum absolute atomic E-state index is 12.6. The van der Waals surface area contributed by atoms with E-state index in [1.165, 1.54) is 18.3 Å². The van der Waals surface area contributed by atoms with Crippen LogP contribution >= 0.6 is 0 Å². The third kappa shape index (κ3) is 2.05. The fraction of sp³-hybridized carbons (Fsp3) is 0. The Kier molecular flexibility index (Phi) is 2.85. The number of para-hydroxylation sites is 1. The molecule has 4 aromatic rings. The topological polar surface area (TPSA) is 82.2 Å². The van der Waals surface area contributed by atoms with Gasteiger partial charge in [-0.1, -0.05) is 30.3 Å². The van der Waals surface area contributed by atoms with Crippen LogP contribution in [0.2, 0.25) is 0 Å². The number of hydrogen-bond donors (Lipinski definition) is 0. The molecule has 114 valence electrons. The lowest BCUT2D eigenvalue weighted by Gasteiger charge is -2.02. The average Bonchev–Trinajstić information content (AvgIpc) is 3.03. The SMILES string of the molecule is O=c1oc2ccccc2c2nn(S(=O)(=O)c3ccccc3)cc12. The van der Waals surface area contributed by atoms with E-state index in [1.807, 2.05) is 0 Å². The first-order valence-corrected chi connectivity index (χ1v) is 8.23. The normalized spacial score (nSPS) is 12.0. The molecule has 0 N–H and O–H groups in total. The highest BCUT2D eigenvalue weighted by molar-refractivity contribution is 7.89. The Hall–Kier alpha value is -2.93. The van der Waals surface area contributed by atoms with E-state index < -0.39 is 15.6 Å². The van der Waals surface area contributed by atoms with Crippen molar-refractivity contribution in [2.45, 2.75) is 4.90 Å². The van der Waals surface area contributed by atoms with E-state index in [0.717, 1.165) is 4.09 Å². The van der Waals surface area contributed by atoms with Crippen LogP contribution in [0, 0.1) is 0 Å². The Morgan fingerprint density at radius 3 is 2.39 bits per heavy atom. The predicted molar refractivity (Wildman–Crippen MR) is 84.8 cm³/mol. The minimum atomic E-state index is -3.86. The van der Waals surface area contributed by atoms with Gasteiger partial charge in [0.2, 0.25) is 0 Å². The van der Waals surface area contributed by atoms with E-state index in [9.17, 15) is 13.2 Å². The highest BCUT2D eigenvalue weighted by Crippen LogP contribution is 2.22. The van der Waals surface area contributed by atoms with E-state index in [1.54, 1.807) is 42.5 Å². The molecule has 23 heavy (non-hydrogen) atoms. The Balaban J connectivity index is 2.06. The largest absolute Gasteiger partial charge is 0.422 e. The molecule has 0 unspecified atom stereocenters. The molecule has 0 saturated carbocycles. The molecule has 0 amide bonds. The molecule has 4 rings (SSSR count). The molecule has 0 bridgehead atoms. The molecule has 0 aliphatic carbocycles. The molecule has 0 radical (unpaired) electrons. The van der Waals surface area contributed by atoms with Crippen molar-refractivity contribution >= 4 is 31.9 Å². The molecule has 7 heteroatoms. The highest BCUT2D eigenvalue weighted by atomic mass is 32.2. The molecule has 0 atom stereocenters. The van der Waals surface area contributed by atoms with Crippen LogP contribution < -0.4 is 5.63 Å². The van der Waals surface area contributed by atoms with Crippen molar-refractivity contribution in [2.24, 2.45) is 0 Å². The van der Waals surface area contributed by atoms with Crippen LogP contribution in [0.15, 0.2) is 74.9 Å². The van der Waals surface area contributed by atoms with Crippen molar-refractivity contribution in [3.05, 3.63) is 71.2 Å². The summed E-state index contributed by atoms with van der Waals surface area (Å²) in [6.07, 6.45) is 1.19. The first-order valence-electron chi connectivity index (χ1n) is 6.79. The van der Waals surface area contributed by atoms with Crippen molar-refractivity contribution < 1.29 is 12.8 Å². The molecular weight excluding hydrogens is 316 g/mol. The summed E-state index contributed by atoms with van der Waals surface area (Å²) in [6, 6.07) is 14.8. The first kappa shape index (κ1) is 13.7. The van der Waals surface area contributed by atoms with Crippen molar-refractivity contribution in [3.8, 4) is 0 Å². The van der Waals surface area contributed by atoms with Gasteiger partial charge in [0.25, 0.3) is 10.0 Å². The number of benzene rings is 2. The van der Waals surface area contributed by atoms with Gasteiger partial charge in [-0.25, -0.2) is 4.79 Å². The molecule has 0 aliphatic rings. The van der Waals surface area contributed by atoms with Crippen LogP contribution in [-0.4, -0.2) is 17.6 Å². The summed E-state index contributed by atoms with van der Waals surface area (Å²) in [7, 11) is -3.86. The maximum atomic E-state index is 12.6. The Bertz CT molecular complexity index is 1190. The second kappa shape index (κ2) is 4.79. The van der Waals surface area contributed by atoms with E-state index in [0.29, 0.717) is 16.5 Å². The lowest BCUT2D eigenvalue weighted by molar-refractivity contribution is 0.569. The Morgan fingerprint density at radius 1 is 0.913 bits per heavy atom. The fourth-order valence-corrected chi connectivity index (χ4v) is 3.58. The average molecular weight is 326 g/mol. The summed E-state index contributed by atoms with van der Waals surface area (Å²) >= 11 is 0. The molecule has 0 saturated heterocycles. The van der Waals surface area contributed by atoms with Gasteiger partial charge in [-0.3, -0.25) is 0 Å². The molecular formula is C16H10N2O4S. The third-order valence-electron chi connectivity index (χ3n) is 3.55. The summed E-state index contributed by atoms with van der Waals surface area (Å²) in [5.74, 6) is 0. The lowest BCUT2D eigenvalue weighted by Crippen LogP contribution is -2.13. The molecule has 0 fully saturated rings. The summed E-state index contributed by atoms with van der Waals surface area (Å²) < 4.78 is 31.3. The second-order valence-electron chi connectivity index (χ2n) is 4.97. The maximum Gasteiger partial charge on any atom is 0.347 e. The summed E-state index contributed by atoms with van der Waals surface area (Å²) in [5, 5.41) is 4.83. The third-order valence-corrected chi connectivity index (χ3v) is 5.09. The fourth-order valence-electron chi connectivity index (χ4n) is 2.43. The van der Waals surface area contributed by atoms with Crippen molar-refractivity contribution in [3.63, 3.8) is 0 Å². The Morgan fingerprint density at radius 2 is 1.61 bits per heavy atom. The van der Waals surface area contributed by atoms with E-state index in [4.69, 9.17) is 4.42 Å². The first-order chi connectivity index (χ1) is 11.1. The molecule has 0 aliphatic heterocycles. The quantitative estimate of drug-likeness (QED) is 0.528. The smallest absolute Gasteiger partial charge is 0.347 e. The van der Waals surface area contributed by atoms with Gasteiger partial charge in [-0.15, -0.1) is 0 Å². The van der Waals surface area contributed by atoms with Crippen molar-refractivity contribution in [2.75, 3.05) is 0 Å². The lowest BCUT2D eigenvalue weighted by atomic mass is 10.2. The van der Waals surface area contributed by atoms with Gasteiger partial charge < -0.3 is 4.42 Å². The zero-order valence-electron chi connectivity index (χ0n) is 11.7. The standard InChI is InChI=1S/C16H10N2O4S/c19-16-13-10-18(23(20,21)11-6-2-1-3-7-11)17-15(13)12-8-4-5-9-14(12)22-16/h1-10H. The van der Waals surface area contributed by atoms with Gasteiger partial charge >= 0.3 is 5.63 Å². The van der Waals surface area contributed by atoms with Gasteiger partial charge in [-0.05, 0) is 24.3 Å². The second-order valence-corrected chi connectivity index (χ2v) is 6.76. The molecule has 0 spiro atoms. The van der Waals surface area contributed by atoms with Crippen LogP contribution in [0.25, 0.3) is 21.9 Å². The van der Waals surface area contributed by atoms with Gasteiger partial charge in [0, 0.05) is 5.39 Å². The van der Waals surface area contributed by atoms with E-state index >= 15 is 0 Å². The van der Waals surface area contributed by atoms with Crippen LogP contribution in [0.3, 0.4) is 0 Å². The molecule has 2 heterocycles. The minimum Gasteiger partial charge on any atom is -0.422 e. The zero-order chi connectivity index (χ0) is 16.0. The van der Waals surface area contributed by atoms with Crippen LogP contribution in [-0.2, 0) is 10.0 Å². The number of aromatic nitrogens is 2. The van der Waals surface area contributed by atoms with E-state index in [-0.39, 0.29) is 10.3 Å². The molecule has 2 aromatic carbocycles. The summed E-state index contributed by atoms with van der Waals surface area (Å²) in [6.45, 7) is 0. The zero-order valence-corrected chi connectivity index (χ0v) is 12.5. The predicted octanol–water partition coefficient (Wildman–Crippen LogP) is 2.38. The van der Waals surface area contributed by atoms with Gasteiger partial charge in [0.05, 0.1) is 11.1 Å². The minimum absolute atomic E-state index is 0.0986. The van der Waals surface area contributed by atoms with Gasteiger partial charge in [0.15, 0.2) is 0 Å². The number of fused-ring (bicyclic) bond motifs is 3. The van der Waals surface area contributed by atoms with Crippen LogP contribution in [0.5, 0.6) is 0 Å². The van der Waals surface area contributed by atoms with Gasteiger partial charge in [-0.2, -0.15) is 17.6 Å².